The number of hydrogen-bond donors (Lipinski definition) is 0. The van der Waals surface area contributed by atoms with Crippen LogP contribution in [-0.4, -0.2) is 40.6 Å². The molecule has 0 unspecified atom stereocenters. The molecule has 3 fully saturated rings. The number of fused-ring (bicyclic) bond motifs is 3. The molecular formula is C17H17Cl2N3O. The van der Waals surface area contributed by atoms with Crippen LogP contribution in [0, 0.1) is 5.92 Å². The summed E-state index contributed by atoms with van der Waals surface area (Å²) in [4.78, 5) is 11.1. The molecule has 5 rings (SSSR count). The van der Waals surface area contributed by atoms with Crippen molar-refractivity contribution in [3.63, 3.8) is 0 Å². The quantitative estimate of drug-likeness (QED) is 0.841. The zero-order valence-electron chi connectivity index (χ0n) is 12.6. The number of aromatic nitrogens is 2. The maximum atomic E-state index is 6.22. The number of piperidine rings is 3. The first-order valence-electron chi connectivity index (χ1n) is 7.85. The number of rotatable bonds is 3. The van der Waals surface area contributed by atoms with Crippen molar-refractivity contribution in [1.82, 2.24) is 14.9 Å². The van der Waals surface area contributed by atoms with Crippen molar-refractivity contribution in [3.8, 4) is 17.1 Å². The largest absolute Gasteiger partial charge is 0.458 e. The van der Waals surface area contributed by atoms with Gasteiger partial charge < -0.3 is 4.74 Å². The van der Waals surface area contributed by atoms with E-state index in [0.29, 0.717) is 22.0 Å². The number of nitrogens with zero attached hydrogens (tertiary/aromatic N) is 3. The van der Waals surface area contributed by atoms with Crippen molar-refractivity contribution in [3.05, 3.63) is 40.6 Å². The predicted molar refractivity (Wildman–Crippen MR) is 91.1 cm³/mol. The number of halogens is 2. The zero-order chi connectivity index (χ0) is 15.8. The van der Waals surface area contributed by atoms with Gasteiger partial charge in [0.25, 0.3) is 0 Å². The summed E-state index contributed by atoms with van der Waals surface area (Å²) in [7, 11) is 0. The molecule has 4 nitrogen and oxygen atoms in total. The Morgan fingerprint density at radius 1 is 1.09 bits per heavy atom. The van der Waals surface area contributed by atoms with Gasteiger partial charge in [-0.25, -0.2) is 9.97 Å². The lowest BCUT2D eigenvalue weighted by atomic mass is 9.86. The van der Waals surface area contributed by atoms with E-state index in [9.17, 15) is 0 Å². The Hall–Kier alpha value is -1.36. The van der Waals surface area contributed by atoms with Crippen molar-refractivity contribution < 1.29 is 4.74 Å². The Morgan fingerprint density at radius 2 is 1.83 bits per heavy atom. The Bertz CT molecular complexity index is 699. The molecule has 0 aliphatic carbocycles. The first-order chi connectivity index (χ1) is 11.2. The van der Waals surface area contributed by atoms with Crippen LogP contribution in [0.1, 0.15) is 12.8 Å². The van der Waals surface area contributed by atoms with Gasteiger partial charge in [0.1, 0.15) is 6.10 Å². The molecule has 120 valence electrons. The van der Waals surface area contributed by atoms with Crippen molar-refractivity contribution in [2.45, 2.75) is 18.9 Å². The van der Waals surface area contributed by atoms with Gasteiger partial charge in [-0.05, 0) is 50.0 Å². The molecule has 4 heterocycles. The predicted octanol–water partition coefficient (Wildman–Crippen LogP) is 3.92. The fourth-order valence-electron chi connectivity index (χ4n) is 3.41. The number of hydrogen-bond acceptors (Lipinski definition) is 4. The Balaban J connectivity index is 1.51. The van der Waals surface area contributed by atoms with Crippen LogP contribution >= 0.6 is 23.2 Å². The van der Waals surface area contributed by atoms with Gasteiger partial charge in [-0.1, -0.05) is 23.2 Å². The van der Waals surface area contributed by atoms with Crippen LogP contribution in [0.25, 0.3) is 11.1 Å². The van der Waals surface area contributed by atoms with E-state index in [2.05, 4.69) is 14.9 Å². The molecule has 3 aliphatic rings. The Kier molecular flexibility index (Phi) is 4.14. The third-order valence-corrected chi connectivity index (χ3v) is 5.29. The molecule has 1 atom stereocenters. The second kappa shape index (κ2) is 6.27. The Labute approximate surface area is 145 Å². The molecule has 0 spiro atoms. The van der Waals surface area contributed by atoms with Gasteiger partial charge in [0, 0.05) is 40.1 Å². The first-order valence-corrected chi connectivity index (χ1v) is 8.61. The molecule has 1 aromatic carbocycles. The first kappa shape index (κ1) is 15.2. The van der Waals surface area contributed by atoms with Crippen LogP contribution in [0.4, 0.5) is 0 Å². The van der Waals surface area contributed by atoms with Gasteiger partial charge in [-0.3, -0.25) is 4.90 Å². The molecule has 6 heteroatoms. The van der Waals surface area contributed by atoms with Crippen LogP contribution in [0.5, 0.6) is 6.01 Å². The van der Waals surface area contributed by atoms with Crippen LogP contribution in [0.15, 0.2) is 30.6 Å². The summed E-state index contributed by atoms with van der Waals surface area (Å²) >= 11 is 12.3. The smallest absolute Gasteiger partial charge is 0.316 e. The maximum absolute atomic E-state index is 6.22. The van der Waals surface area contributed by atoms with E-state index in [1.807, 2.05) is 6.07 Å². The number of benzene rings is 1. The summed E-state index contributed by atoms with van der Waals surface area (Å²) in [5.74, 6) is 0.630. The fourth-order valence-corrected chi connectivity index (χ4v) is 3.81. The van der Waals surface area contributed by atoms with E-state index in [1.165, 1.54) is 25.9 Å². The monoisotopic (exact) mass is 349 g/mol. The highest BCUT2D eigenvalue weighted by molar-refractivity contribution is 6.35. The molecule has 0 radical (unpaired) electrons. The average Bonchev–Trinajstić information content (AvgIpc) is 2.59. The third kappa shape index (κ3) is 3.16. The Morgan fingerprint density at radius 3 is 2.48 bits per heavy atom. The molecule has 2 aromatic rings. The third-order valence-electron chi connectivity index (χ3n) is 4.72. The molecule has 0 saturated carbocycles. The van der Waals surface area contributed by atoms with Crippen molar-refractivity contribution in [2.24, 2.45) is 5.92 Å². The lowest BCUT2D eigenvalue weighted by Crippen LogP contribution is -2.52. The summed E-state index contributed by atoms with van der Waals surface area (Å²) in [6, 6.07) is 5.79. The van der Waals surface area contributed by atoms with Crippen molar-refractivity contribution in [2.75, 3.05) is 19.6 Å². The molecule has 3 aliphatic heterocycles. The molecule has 23 heavy (non-hydrogen) atoms. The van der Waals surface area contributed by atoms with Gasteiger partial charge in [0.2, 0.25) is 0 Å². The van der Waals surface area contributed by atoms with Crippen LogP contribution in [-0.2, 0) is 0 Å². The summed E-state index contributed by atoms with van der Waals surface area (Å²) in [5, 5.41) is 1.26. The molecule has 0 amide bonds. The second-order valence-corrected chi connectivity index (χ2v) is 7.02. The summed E-state index contributed by atoms with van der Waals surface area (Å²) in [6.45, 7) is 3.37. The molecule has 0 N–H and O–H groups in total. The van der Waals surface area contributed by atoms with E-state index in [0.717, 1.165) is 17.7 Å². The van der Waals surface area contributed by atoms with E-state index in [-0.39, 0.29) is 6.10 Å². The topological polar surface area (TPSA) is 38.2 Å². The van der Waals surface area contributed by atoms with Crippen LogP contribution < -0.4 is 4.74 Å². The summed E-state index contributed by atoms with van der Waals surface area (Å²) < 4.78 is 6.01. The van der Waals surface area contributed by atoms with Gasteiger partial charge in [-0.2, -0.15) is 0 Å². The normalized spacial score (nSPS) is 26.3. The van der Waals surface area contributed by atoms with Gasteiger partial charge in [-0.15, -0.1) is 0 Å². The van der Waals surface area contributed by atoms with E-state index in [4.69, 9.17) is 27.9 Å². The minimum Gasteiger partial charge on any atom is -0.458 e. The summed E-state index contributed by atoms with van der Waals surface area (Å²) in [6.07, 6.45) is 6.10. The molecule has 1 aromatic heterocycles. The van der Waals surface area contributed by atoms with Crippen molar-refractivity contribution >= 4 is 23.2 Å². The highest BCUT2D eigenvalue weighted by Gasteiger charge is 2.35. The molecule has 2 bridgehead atoms. The average molecular weight is 350 g/mol. The van der Waals surface area contributed by atoms with Gasteiger partial charge in [0.05, 0.1) is 0 Å². The molecule has 3 saturated heterocycles. The lowest BCUT2D eigenvalue weighted by Gasteiger charge is -2.43. The SMILES string of the molecule is Clc1ccc(Cl)c(-c2cnc(O[C@H]3CN4CCC3CC4)nc2)c1. The van der Waals surface area contributed by atoms with E-state index < -0.39 is 0 Å². The molecular weight excluding hydrogens is 333 g/mol. The minimum absolute atomic E-state index is 0.207. The fraction of sp³-hybridized carbons (Fsp3) is 0.412. The minimum atomic E-state index is 0.207. The van der Waals surface area contributed by atoms with Gasteiger partial charge >= 0.3 is 6.01 Å². The van der Waals surface area contributed by atoms with E-state index in [1.54, 1.807) is 24.5 Å². The standard InChI is InChI=1S/C17H17Cl2N3O/c18-13-1-2-15(19)14(7-13)12-8-20-17(21-9-12)23-16-10-22-5-3-11(16)4-6-22/h1-2,7-9,11,16H,3-6,10H2/t16-/m0/s1. The van der Waals surface area contributed by atoms with Crippen molar-refractivity contribution in [1.29, 1.82) is 0 Å². The summed E-state index contributed by atoms with van der Waals surface area (Å²) in [5.41, 5.74) is 1.66. The lowest BCUT2D eigenvalue weighted by molar-refractivity contribution is -0.0123. The second-order valence-electron chi connectivity index (χ2n) is 6.17. The van der Waals surface area contributed by atoms with Gasteiger partial charge in [0.15, 0.2) is 0 Å². The zero-order valence-corrected chi connectivity index (χ0v) is 14.1. The van der Waals surface area contributed by atoms with E-state index >= 15 is 0 Å². The number of ether oxygens (including phenoxy) is 1. The van der Waals surface area contributed by atoms with Crippen LogP contribution in [0.3, 0.4) is 0 Å². The van der Waals surface area contributed by atoms with Crippen LogP contribution in [0.2, 0.25) is 10.0 Å². The highest BCUT2D eigenvalue weighted by Crippen LogP contribution is 2.32. The maximum Gasteiger partial charge on any atom is 0.316 e. The highest BCUT2D eigenvalue weighted by atomic mass is 35.5.